The van der Waals surface area contributed by atoms with E-state index in [1.54, 1.807) is 11.8 Å². The van der Waals surface area contributed by atoms with Crippen LogP contribution in [0.4, 0.5) is 0 Å². The Balaban J connectivity index is 2.54. The second-order valence-corrected chi connectivity index (χ2v) is 3.81. The summed E-state index contributed by atoms with van der Waals surface area (Å²) in [6.45, 7) is 1.81. The highest BCUT2D eigenvalue weighted by molar-refractivity contribution is 7.99. The summed E-state index contributed by atoms with van der Waals surface area (Å²) < 4.78 is 0. The summed E-state index contributed by atoms with van der Waals surface area (Å²) in [7, 11) is 0. The fraction of sp³-hybridized carbons (Fsp3) is 0.750. The summed E-state index contributed by atoms with van der Waals surface area (Å²) in [6, 6.07) is 0. The lowest BCUT2D eigenvalue weighted by molar-refractivity contribution is -0.131. The van der Waals surface area contributed by atoms with Crippen LogP contribution in [0.3, 0.4) is 0 Å². The van der Waals surface area contributed by atoms with Gasteiger partial charge in [0, 0.05) is 24.3 Å². The molecule has 1 unspecified atom stereocenters. The summed E-state index contributed by atoms with van der Waals surface area (Å²) in [6.07, 6.45) is 1.08. The Morgan fingerprint density at radius 3 is 3.00 bits per heavy atom. The molecule has 0 bridgehead atoms. The van der Waals surface area contributed by atoms with Crippen LogP contribution < -0.4 is 0 Å². The van der Waals surface area contributed by atoms with Crippen LogP contribution in [0.5, 0.6) is 0 Å². The van der Waals surface area contributed by atoms with Crippen LogP contribution in [0.2, 0.25) is 0 Å². The summed E-state index contributed by atoms with van der Waals surface area (Å²) >= 11 is 1.71. The number of thioether (sulfide) groups is 1. The molecule has 1 rings (SSSR count). The van der Waals surface area contributed by atoms with Gasteiger partial charge in [-0.2, -0.15) is 11.8 Å². The van der Waals surface area contributed by atoms with Crippen LogP contribution in [-0.4, -0.2) is 23.1 Å². The van der Waals surface area contributed by atoms with Crippen molar-refractivity contribution in [3.05, 3.63) is 0 Å². The van der Waals surface area contributed by atoms with E-state index in [1.165, 1.54) is 0 Å². The zero-order valence-electron chi connectivity index (χ0n) is 6.63. The zero-order chi connectivity index (χ0) is 8.27. The van der Waals surface area contributed by atoms with E-state index in [2.05, 4.69) is 0 Å². The van der Waals surface area contributed by atoms with Crippen molar-refractivity contribution in [2.45, 2.75) is 19.8 Å². The molecule has 62 valence electrons. The van der Waals surface area contributed by atoms with Gasteiger partial charge in [0.2, 0.25) is 0 Å². The topological polar surface area (TPSA) is 34.1 Å². The highest BCUT2D eigenvalue weighted by Crippen LogP contribution is 2.21. The third-order valence-electron chi connectivity index (χ3n) is 1.90. The van der Waals surface area contributed by atoms with E-state index >= 15 is 0 Å². The van der Waals surface area contributed by atoms with Gasteiger partial charge in [-0.1, -0.05) is 6.92 Å². The number of hydrogen-bond donors (Lipinski definition) is 0. The summed E-state index contributed by atoms with van der Waals surface area (Å²) in [5.74, 6) is 1.59. The minimum absolute atomic E-state index is 0.113. The highest BCUT2D eigenvalue weighted by Gasteiger charge is 2.27. The van der Waals surface area contributed by atoms with E-state index in [0.717, 1.165) is 5.75 Å². The Morgan fingerprint density at radius 1 is 1.73 bits per heavy atom. The molecule has 0 amide bonds. The van der Waals surface area contributed by atoms with Gasteiger partial charge in [-0.15, -0.1) is 0 Å². The molecule has 2 nitrogen and oxygen atoms in total. The molecule has 11 heavy (non-hydrogen) atoms. The standard InChI is InChI=1S/C8H12O2S/c1-2-7(9)6-5-11-4-3-8(6)10/h6H,2-5H2,1H3. The van der Waals surface area contributed by atoms with Crippen LogP contribution in [0.25, 0.3) is 0 Å². The number of ketones is 2. The van der Waals surface area contributed by atoms with Crippen LogP contribution in [0.1, 0.15) is 19.8 Å². The molecule has 1 atom stereocenters. The average Bonchev–Trinajstić information content (AvgIpc) is 2.04. The van der Waals surface area contributed by atoms with Crippen molar-refractivity contribution >= 4 is 23.3 Å². The quantitative estimate of drug-likeness (QED) is 0.588. The van der Waals surface area contributed by atoms with E-state index < -0.39 is 0 Å². The molecule has 0 aromatic rings. The molecule has 1 saturated heterocycles. The van der Waals surface area contributed by atoms with Crippen molar-refractivity contribution in [3.8, 4) is 0 Å². The maximum atomic E-state index is 11.2. The van der Waals surface area contributed by atoms with Crippen molar-refractivity contribution in [2.75, 3.05) is 11.5 Å². The largest absolute Gasteiger partial charge is 0.299 e. The molecule has 0 saturated carbocycles. The van der Waals surface area contributed by atoms with E-state index in [-0.39, 0.29) is 17.5 Å². The number of carbonyl (C=O) groups is 2. The van der Waals surface area contributed by atoms with Gasteiger partial charge in [0.25, 0.3) is 0 Å². The predicted molar refractivity (Wildman–Crippen MR) is 45.7 cm³/mol. The molecule has 0 aromatic carbocycles. The van der Waals surface area contributed by atoms with Gasteiger partial charge in [-0.3, -0.25) is 9.59 Å². The Bertz CT molecular complexity index is 169. The minimum Gasteiger partial charge on any atom is -0.299 e. The van der Waals surface area contributed by atoms with Gasteiger partial charge in [-0.25, -0.2) is 0 Å². The first-order chi connectivity index (χ1) is 5.25. The van der Waals surface area contributed by atoms with Gasteiger partial charge in [-0.05, 0) is 0 Å². The van der Waals surface area contributed by atoms with Crippen LogP contribution in [0.15, 0.2) is 0 Å². The van der Waals surface area contributed by atoms with Crippen LogP contribution in [0, 0.1) is 5.92 Å². The Hall–Kier alpha value is -0.310. The minimum atomic E-state index is -0.279. The summed E-state index contributed by atoms with van der Waals surface area (Å²) in [5, 5.41) is 0. The predicted octanol–water partition coefficient (Wildman–Crippen LogP) is 1.29. The number of hydrogen-bond acceptors (Lipinski definition) is 3. The molecule has 0 radical (unpaired) electrons. The molecule has 3 heteroatoms. The number of carbonyl (C=O) groups excluding carboxylic acids is 2. The Kier molecular flexibility index (Phi) is 3.12. The van der Waals surface area contributed by atoms with E-state index in [0.29, 0.717) is 18.6 Å². The Labute approximate surface area is 70.7 Å². The number of rotatable bonds is 2. The van der Waals surface area contributed by atoms with E-state index in [4.69, 9.17) is 0 Å². The molecule has 0 aliphatic carbocycles. The van der Waals surface area contributed by atoms with Crippen molar-refractivity contribution in [1.29, 1.82) is 0 Å². The van der Waals surface area contributed by atoms with Gasteiger partial charge in [0.05, 0.1) is 5.92 Å². The van der Waals surface area contributed by atoms with Gasteiger partial charge >= 0.3 is 0 Å². The first kappa shape index (κ1) is 8.78. The lowest BCUT2D eigenvalue weighted by Gasteiger charge is -2.17. The third kappa shape index (κ3) is 2.06. The molecule has 0 spiro atoms. The summed E-state index contributed by atoms with van der Waals surface area (Å²) in [5.41, 5.74) is 0. The smallest absolute Gasteiger partial charge is 0.144 e. The molecule has 0 aromatic heterocycles. The molecule has 1 heterocycles. The molecule has 1 aliphatic heterocycles. The summed E-state index contributed by atoms with van der Waals surface area (Å²) in [4.78, 5) is 22.3. The normalized spacial score (nSPS) is 25.2. The van der Waals surface area contributed by atoms with E-state index in [9.17, 15) is 9.59 Å². The van der Waals surface area contributed by atoms with Crippen molar-refractivity contribution < 1.29 is 9.59 Å². The van der Waals surface area contributed by atoms with Gasteiger partial charge < -0.3 is 0 Å². The first-order valence-corrected chi connectivity index (χ1v) is 5.04. The first-order valence-electron chi connectivity index (χ1n) is 3.89. The van der Waals surface area contributed by atoms with Crippen molar-refractivity contribution in [1.82, 2.24) is 0 Å². The fourth-order valence-electron chi connectivity index (χ4n) is 1.16. The van der Waals surface area contributed by atoms with Crippen molar-refractivity contribution in [2.24, 2.45) is 5.92 Å². The fourth-order valence-corrected chi connectivity index (χ4v) is 2.28. The van der Waals surface area contributed by atoms with Crippen LogP contribution >= 0.6 is 11.8 Å². The second-order valence-electron chi connectivity index (χ2n) is 2.66. The van der Waals surface area contributed by atoms with Gasteiger partial charge in [0.15, 0.2) is 0 Å². The second kappa shape index (κ2) is 3.90. The lowest BCUT2D eigenvalue weighted by atomic mass is 9.97. The SMILES string of the molecule is CCC(=O)C1CSCCC1=O. The maximum Gasteiger partial charge on any atom is 0.144 e. The van der Waals surface area contributed by atoms with Crippen LogP contribution in [-0.2, 0) is 9.59 Å². The average molecular weight is 172 g/mol. The Morgan fingerprint density at radius 2 is 2.45 bits per heavy atom. The molecular formula is C8H12O2S. The third-order valence-corrected chi connectivity index (χ3v) is 2.96. The van der Waals surface area contributed by atoms with Crippen molar-refractivity contribution in [3.63, 3.8) is 0 Å². The molecule has 1 aliphatic rings. The maximum absolute atomic E-state index is 11.2. The highest BCUT2D eigenvalue weighted by atomic mass is 32.2. The van der Waals surface area contributed by atoms with Gasteiger partial charge in [0.1, 0.15) is 11.6 Å². The monoisotopic (exact) mass is 172 g/mol. The zero-order valence-corrected chi connectivity index (χ0v) is 7.45. The number of Topliss-reactive ketones (excluding diaryl/α,β-unsaturated/α-hetero) is 2. The lowest BCUT2D eigenvalue weighted by Crippen LogP contribution is -2.29. The van der Waals surface area contributed by atoms with E-state index in [1.807, 2.05) is 6.92 Å². The molecular weight excluding hydrogens is 160 g/mol. The molecule has 1 fully saturated rings. The molecule has 0 N–H and O–H groups in total.